The van der Waals surface area contributed by atoms with Gasteiger partial charge in [0.1, 0.15) is 23.2 Å². The molecule has 28 heavy (non-hydrogen) atoms. The summed E-state index contributed by atoms with van der Waals surface area (Å²) in [6, 6.07) is 17.8. The lowest BCUT2D eigenvalue weighted by Crippen LogP contribution is -2.31. The molecule has 1 amide bonds. The summed E-state index contributed by atoms with van der Waals surface area (Å²) in [4.78, 5) is 23.3. The van der Waals surface area contributed by atoms with Gasteiger partial charge in [0.25, 0.3) is 5.91 Å². The zero-order valence-corrected chi connectivity index (χ0v) is 16.0. The van der Waals surface area contributed by atoms with E-state index >= 15 is 0 Å². The number of hydrogen-bond acceptors (Lipinski definition) is 4. The summed E-state index contributed by atoms with van der Waals surface area (Å²) < 4.78 is 13.7. The number of benzene rings is 2. The van der Waals surface area contributed by atoms with E-state index in [0.717, 1.165) is 5.69 Å². The van der Waals surface area contributed by atoms with Crippen molar-refractivity contribution in [1.29, 1.82) is 0 Å². The van der Waals surface area contributed by atoms with E-state index in [9.17, 15) is 9.18 Å². The Morgan fingerprint density at radius 2 is 1.79 bits per heavy atom. The molecule has 5 nitrogen and oxygen atoms in total. The van der Waals surface area contributed by atoms with E-state index in [1.54, 1.807) is 30.0 Å². The number of nitrogens with zero attached hydrogens (tertiary/aromatic N) is 3. The number of para-hydroxylation sites is 1. The molecule has 0 aliphatic rings. The highest BCUT2D eigenvalue weighted by Gasteiger charge is 2.18. The number of carbonyl (C=O) groups excluding carboxylic acids is 1. The van der Waals surface area contributed by atoms with Crippen LogP contribution < -0.4 is 10.2 Å². The minimum Gasteiger partial charge on any atom is -0.370 e. The zero-order valence-electron chi connectivity index (χ0n) is 16.0. The van der Waals surface area contributed by atoms with E-state index in [2.05, 4.69) is 15.3 Å². The van der Waals surface area contributed by atoms with E-state index in [1.807, 2.05) is 43.3 Å². The Bertz CT molecular complexity index is 946. The van der Waals surface area contributed by atoms with Crippen molar-refractivity contribution in [3.63, 3.8) is 0 Å². The zero-order chi connectivity index (χ0) is 19.9. The Labute approximate surface area is 164 Å². The van der Waals surface area contributed by atoms with Crippen LogP contribution in [0.2, 0.25) is 0 Å². The second-order valence-electron chi connectivity index (χ2n) is 6.34. The number of halogens is 1. The molecule has 1 aromatic heterocycles. The second kappa shape index (κ2) is 9.08. The van der Waals surface area contributed by atoms with Gasteiger partial charge in [-0.3, -0.25) is 4.79 Å². The summed E-state index contributed by atoms with van der Waals surface area (Å²) in [6.07, 6.45) is 0.518. The van der Waals surface area contributed by atoms with Crippen LogP contribution in [0.15, 0.2) is 60.7 Å². The van der Waals surface area contributed by atoms with Gasteiger partial charge in [0.2, 0.25) is 0 Å². The van der Waals surface area contributed by atoms with E-state index in [-0.39, 0.29) is 11.7 Å². The molecule has 0 aliphatic heterocycles. The van der Waals surface area contributed by atoms with Crippen molar-refractivity contribution in [3.05, 3.63) is 83.6 Å². The van der Waals surface area contributed by atoms with E-state index in [1.165, 1.54) is 6.07 Å². The average Bonchev–Trinajstić information content (AvgIpc) is 2.70. The predicted octanol–water partition coefficient (Wildman–Crippen LogP) is 4.25. The van der Waals surface area contributed by atoms with Crippen LogP contribution in [0.5, 0.6) is 0 Å². The fourth-order valence-electron chi connectivity index (χ4n) is 2.98. The lowest BCUT2D eigenvalue weighted by molar-refractivity contribution is 0.0983. The first-order valence-electron chi connectivity index (χ1n) is 9.28. The average molecular weight is 378 g/mol. The molecular formula is C22H23FN4O. The third-order valence-electron chi connectivity index (χ3n) is 4.34. The molecule has 0 spiro atoms. The fraction of sp³-hybridized carbons (Fsp3) is 0.227. The molecule has 0 saturated carbocycles. The van der Waals surface area contributed by atoms with Gasteiger partial charge in [0.05, 0.1) is 0 Å². The number of rotatable bonds is 7. The fourth-order valence-corrected chi connectivity index (χ4v) is 2.98. The molecule has 0 saturated heterocycles. The molecule has 1 heterocycles. The number of anilines is 2. The first kappa shape index (κ1) is 19.5. The van der Waals surface area contributed by atoms with Crippen molar-refractivity contribution in [2.45, 2.75) is 20.3 Å². The summed E-state index contributed by atoms with van der Waals surface area (Å²) >= 11 is 0. The van der Waals surface area contributed by atoms with Gasteiger partial charge in [-0.25, -0.2) is 14.4 Å². The van der Waals surface area contributed by atoms with Crippen LogP contribution >= 0.6 is 0 Å². The summed E-state index contributed by atoms with van der Waals surface area (Å²) in [5.74, 6) is 0.650. The molecule has 0 radical (unpaired) electrons. The Kier molecular flexibility index (Phi) is 6.32. The number of carbonyl (C=O) groups is 1. The molecule has 2 aromatic carbocycles. The Hall–Kier alpha value is -3.28. The third-order valence-corrected chi connectivity index (χ3v) is 4.34. The Morgan fingerprint density at radius 3 is 2.50 bits per heavy atom. The molecule has 144 valence electrons. The molecular weight excluding hydrogens is 355 g/mol. The second-order valence-corrected chi connectivity index (χ2v) is 6.34. The molecule has 3 aromatic rings. The third kappa shape index (κ3) is 4.71. The Morgan fingerprint density at radius 1 is 1.07 bits per heavy atom. The standard InChI is InChI=1S/C22H23FN4O/c1-3-27(18-10-5-4-6-11-18)22(28)20-15-21(26-16(2)25-20)24-14-13-17-9-7-8-12-19(17)23/h4-12,15H,3,13-14H2,1-2H3,(H,24,25,26). The predicted molar refractivity (Wildman–Crippen MR) is 109 cm³/mol. The van der Waals surface area contributed by atoms with Gasteiger partial charge in [-0.2, -0.15) is 0 Å². The minimum atomic E-state index is -0.222. The van der Waals surface area contributed by atoms with Crippen molar-refractivity contribution in [3.8, 4) is 0 Å². The molecule has 1 N–H and O–H groups in total. The molecule has 0 fully saturated rings. The maximum absolute atomic E-state index is 13.7. The molecule has 0 atom stereocenters. The van der Waals surface area contributed by atoms with Crippen molar-refractivity contribution in [2.24, 2.45) is 0 Å². The van der Waals surface area contributed by atoms with Gasteiger partial charge in [-0.1, -0.05) is 36.4 Å². The number of aryl methyl sites for hydroxylation is 1. The first-order valence-corrected chi connectivity index (χ1v) is 9.28. The SMILES string of the molecule is CCN(C(=O)c1cc(NCCc2ccccc2F)nc(C)n1)c1ccccc1. The summed E-state index contributed by atoms with van der Waals surface area (Å²) in [5.41, 5.74) is 1.78. The number of hydrogen-bond donors (Lipinski definition) is 1. The highest BCUT2D eigenvalue weighted by Crippen LogP contribution is 2.17. The van der Waals surface area contributed by atoms with Crippen LogP contribution in [0.4, 0.5) is 15.9 Å². The largest absolute Gasteiger partial charge is 0.370 e. The van der Waals surface area contributed by atoms with Crippen LogP contribution in [0, 0.1) is 12.7 Å². The minimum absolute atomic E-state index is 0.184. The Balaban J connectivity index is 1.73. The van der Waals surface area contributed by atoms with E-state index in [0.29, 0.717) is 42.4 Å². The monoisotopic (exact) mass is 378 g/mol. The number of nitrogens with one attached hydrogen (secondary N) is 1. The van der Waals surface area contributed by atoms with Crippen LogP contribution in [-0.4, -0.2) is 29.0 Å². The van der Waals surface area contributed by atoms with Crippen LogP contribution in [-0.2, 0) is 6.42 Å². The van der Waals surface area contributed by atoms with Crippen molar-refractivity contribution < 1.29 is 9.18 Å². The summed E-state index contributed by atoms with van der Waals surface area (Å²) in [5, 5.41) is 3.16. The molecule has 6 heteroatoms. The van der Waals surface area contributed by atoms with E-state index in [4.69, 9.17) is 0 Å². The van der Waals surface area contributed by atoms with Gasteiger partial charge < -0.3 is 10.2 Å². The van der Waals surface area contributed by atoms with Gasteiger partial charge in [0.15, 0.2) is 0 Å². The highest BCUT2D eigenvalue weighted by molar-refractivity contribution is 6.05. The van der Waals surface area contributed by atoms with E-state index < -0.39 is 0 Å². The van der Waals surface area contributed by atoms with Crippen molar-refractivity contribution >= 4 is 17.4 Å². The number of aromatic nitrogens is 2. The van der Waals surface area contributed by atoms with Crippen LogP contribution in [0.25, 0.3) is 0 Å². The molecule has 0 bridgehead atoms. The summed E-state index contributed by atoms with van der Waals surface area (Å²) in [6.45, 7) is 4.70. The van der Waals surface area contributed by atoms with Gasteiger partial charge in [0, 0.05) is 24.8 Å². The normalized spacial score (nSPS) is 10.5. The maximum Gasteiger partial charge on any atom is 0.277 e. The maximum atomic E-state index is 13.7. The lowest BCUT2D eigenvalue weighted by atomic mass is 10.1. The summed E-state index contributed by atoms with van der Waals surface area (Å²) in [7, 11) is 0. The molecule has 0 unspecified atom stereocenters. The van der Waals surface area contributed by atoms with Gasteiger partial charge in [-0.15, -0.1) is 0 Å². The van der Waals surface area contributed by atoms with Crippen molar-refractivity contribution in [1.82, 2.24) is 9.97 Å². The van der Waals surface area contributed by atoms with Gasteiger partial charge >= 0.3 is 0 Å². The molecule has 3 rings (SSSR count). The van der Waals surface area contributed by atoms with Crippen LogP contribution in [0.3, 0.4) is 0 Å². The quantitative estimate of drug-likeness (QED) is 0.668. The lowest BCUT2D eigenvalue weighted by Gasteiger charge is -2.21. The number of amides is 1. The van der Waals surface area contributed by atoms with Crippen LogP contribution in [0.1, 0.15) is 28.8 Å². The smallest absolute Gasteiger partial charge is 0.277 e. The topological polar surface area (TPSA) is 58.1 Å². The van der Waals surface area contributed by atoms with Gasteiger partial charge in [-0.05, 0) is 44.0 Å². The highest BCUT2D eigenvalue weighted by atomic mass is 19.1. The first-order chi connectivity index (χ1) is 13.6. The molecule has 0 aliphatic carbocycles. The van der Waals surface area contributed by atoms with Crippen molar-refractivity contribution in [2.75, 3.05) is 23.3 Å².